The van der Waals surface area contributed by atoms with E-state index in [2.05, 4.69) is 58.9 Å². The number of nitrogens with one attached hydrogen (secondary N) is 2. The van der Waals surface area contributed by atoms with Gasteiger partial charge in [0, 0.05) is 44.6 Å². The first-order valence-electron chi connectivity index (χ1n) is 7.22. The summed E-state index contributed by atoms with van der Waals surface area (Å²) in [6, 6.07) is 6.58. The normalized spacial score (nSPS) is 19.7. The van der Waals surface area contributed by atoms with Crippen molar-refractivity contribution in [2.24, 2.45) is 0 Å². The van der Waals surface area contributed by atoms with E-state index in [-0.39, 0.29) is 0 Å². The Bertz CT molecular complexity index is 491. The highest BCUT2D eigenvalue weighted by Crippen LogP contribution is 2.24. The van der Waals surface area contributed by atoms with Crippen molar-refractivity contribution in [3.8, 4) is 0 Å². The maximum atomic E-state index is 3.33. The zero-order chi connectivity index (χ0) is 13.9. The highest BCUT2D eigenvalue weighted by atomic mass is 15.7. The number of hydrogen-bond acceptors (Lipinski definition) is 5. The van der Waals surface area contributed by atoms with Gasteiger partial charge < -0.3 is 9.80 Å². The molecule has 0 atom stereocenters. The molecule has 0 bridgehead atoms. The van der Waals surface area contributed by atoms with Gasteiger partial charge in [0.15, 0.2) is 0 Å². The molecular weight excluding hydrogens is 250 g/mol. The number of nitrogens with zero attached hydrogens (tertiary/aromatic N) is 3. The molecule has 2 aliphatic heterocycles. The summed E-state index contributed by atoms with van der Waals surface area (Å²) in [7, 11) is 2.19. The van der Waals surface area contributed by atoms with Gasteiger partial charge in [0.05, 0.1) is 5.69 Å². The van der Waals surface area contributed by atoms with Crippen LogP contribution in [0.4, 0.5) is 11.4 Å². The lowest BCUT2D eigenvalue weighted by atomic mass is 10.1. The second-order valence-corrected chi connectivity index (χ2v) is 5.52. The molecule has 2 heterocycles. The summed E-state index contributed by atoms with van der Waals surface area (Å²) in [5, 5.41) is 1.89. The van der Waals surface area contributed by atoms with Crippen LogP contribution in [0.2, 0.25) is 0 Å². The first-order chi connectivity index (χ1) is 9.72. The lowest BCUT2D eigenvalue weighted by Crippen LogP contribution is -2.44. The van der Waals surface area contributed by atoms with Crippen LogP contribution in [0.3, 0.4) is 0 Å². The van der Waals surface area contributed by atoms with E-state index in [0.29, 0.717) is 0 Å². The molecule has 1 aromatic carbocycles. The van der Waals surface area contributed by atoms with Crippen LogP contribution in [0.15, 0.2) is 30.5 Å². The molecule has 5 heteroatoms. The number of benzene rings is 1. The van der Waals surface area contributed by atoms with Gasteiger partial charge in [0.25, 0.3) is 0 Å². The van der Waals surface area contributed by atoms with Gasteiger partial charge >= 0.3 is 0 Å². The van der Waals surface area contributed by atoms with Gasteiger partial charge in [0.2, 0.25) is 0 Å². The molecule has 0 radical (unpaired) electrons. The summed E-state index contributed by atoms with van der Waals surface area (Å²) in [4.78, 5) is 4.86. The van der Waals surface area contributed by atoms with Crippen molar-refractivity contribution >= 4 is 11.4 Å². The van der Waals surface area contributed by atoms with Gasteiger partial charge in [-0.15, -0.1) is 0 Å². The molecule has 5 nitrogen and oxygen atoms in total. The lowest BCUT2D eigenvalue weighted by Gasteiger charge is -2.35. The van der Waals surface area contributed by atoms with Crippen LogP contribution < -0.4 is 15.8 Å². The summed E-state index contributed by atoms with van der Waals surface area (Å²) in [6.07, 6.45) is 4.09. The van der Waals surface area contributed by atoms with Gasteiger partial charge in [-0.2, -0.15) is 0 Å². The minimum Gasteiger partial charge on any atom is -0.369 e. The van der Waals surface area contributed by atoms with Crippen LogP contribution in [0.5, 0.6) is 0 Å². The molecular formula is C15H23N5. The topological polar surface area (TPSA) is 33.8 Å². The fraction of sp³-hybridized carbons (Fsp3) is 0.467. The zero-order valence-corrected chi connectivity index (χ0v) is 12.3. The number of aryl methyl sites for hydroxylation is 1. The summed E-state index contributed by atoms with van der Waals surface area (Å²) < 4.78 is 0. The molecule has 3 rings (SSSR count). The Balaban J connectivity index is 1.69. The van der Waals surface area contributed by atoms with Crippen molar-refractivity contribution in [1.29, 1.82) is 0 Å². The first kappa shape index (κ1) is 13.3. The molecule has 0 aliphatic carbocycles. The quantitative estimate of drug-likeness (QED) is 0.870. The summed E-state index contributed by atoms with van der Waals surface area (Å²) >= 11 is 0. The average molecular weight is 273 g/mol. The van der Waals surface area contributed by atoms with Crippen molar-refractivity contribution in [2.75, 3.05) is 50.1 Å². The molecule has 0 unspecified atom stereocenters. The number of hydrogen-bond donors (Lipinski definition) is 2. The van der Waals surface area contributed by atoms with E-state index in [1.807, 2.05) is 11.3 Å². The smallest absolute Gasteiger partial charge is 0.0560 e. The van der Waals surface area contributed by atoms with Gasteiger partial charge in [-0.25, -0.2) is 10.5 Å². The summed E-state index contributed by atoms with van der Waals surface area (Å²) in [5.41, 5.74) is 10.3. The van der Waals surface area contributed by atoms with Crippen molar-refractivity contribution in [3.63, 3.8) is 0 Å². The Morgan fingerprint density at radius 2 is 1.95 bits per heavy atom. The van der Waals surface area contributed by atoms with E-state index in [9.17, 15) is 0 Å². The molecule has 108 valence electrons. The van der Waals surface area contributed by atoms with E-state index >= 15 is 0 Å². The minimum absolute atomic E-state index is 0.880. The number of hydrazine groups is 2. The minimum atomic E-state index is 0.880. The predicted octanol–water partition coefficient (Wildman–Crippen LogP) is 1.41. The average Bonchev–Trinajstić information content (AvgIpc) is 2.93. The largest absolute Gasteiger partial charge is 0.369 e. The van der Waals surface area contributed by atoms with Gasteiger partial charge in [-0.05, 0) is 43.8 Å². The summed E-state index contributed by atoms with van der Waals surface area (Å²) in [6.45, 7) is 7.57. The Morgan fingerprint density at radius 3 is 2.60 bits per heavy atom. The van der Waals surface area contributed by atoms with Gasteiger partial charge in [-0.3, -0.25) is 5.43 Å². The van der Waals surface area contributed by atoms with Crippen molar-refractivity contribution in [3.05, 3.63) is 36.0 Å². The fourth-order valence-electron chi connectivity index (χ4n) is 2.70. The van der Waals surface area contributed by atoms with Crippen LogP contribution in [0, 0.1) is 6.92 Å². The van der Waals surface area contributed by atoms with Crippen LogP contribution in [0.1, 0.15) is 5.56 Å². The Hall–Kier alpha value is -1.72. The summed E-state index contributed by atoms with van der Waals surface area (Å²) in [5.74, 6) is 0. The molecule has 20 heavy (non-hydrogen) atoms. The van der Waals surface area contributed by atoms with E-state index in [4.69, 9.17) is 0 Å². The molecule has 1 aromatic rings. The second kappa shape index (κ2) is 5.73. The molecule has 0 amide bonds. The molecule has 1 saturated heterocycles. The van der Waals surface area contributed by atoms with Gasteiger partial charge in [-0.1, -0.05) is 0 Å². The van der Waals surface area contributed by atoms with Crippen LogP contribution in [-0.4, -0.2) is 49.8 Å². The first-order valence-corrected chi connectivity index (χ1v) is 7.22. The number of likely N-dealkylation sites (N-methyl/N-ethyl adjacent to an activating group) is 1. The zero-order valence-electron chi connectivity index (χ0n) is 12.3. The van der Waals surface area contributed by atoms with E-state index < -0.39 is 0 Å². The highest BCUT2D eigenvalue weighted by molar-refractivity contribution is 5.60. The molecule has 2 N–H and O–H groups in total. The van der Waals surface area contributed by atoms with Crippen LogP contribution in [-0.2, 0) is 0 Å². The number of anilines is 2. The SMILES string of the molecule is Cc1cc(NN2C=CCN2)ccc1N1CCN(C)CC1. The van der Waals surface area contributed by atoms with Gasteiger partial charge in [0.1, 0.15) is 0 Å². The number of rotatable bonds is 3. The van der Waals surface area contributed by atoms with E-state index in [0.717, 1.165) is 38.4 Å². The van der Waals surface area contributed by atoms with Crippen molar-refractivity contribution in [1.82, 2.24) is 15.4 Å². The molecule has 0 aromatic heterocycles. The Labute approximate surface area is 120 Å². The monoisotopic (exact) mass is 273 g/mol. The predicted molar refractivity (Wildman–Crippen MR) is 83.5 cm³/mol. The fourth-order valence-corrected chi connectivity index (χ4v) is 2.70. The Kier molecular flexibility index (Phi) is 3.80. The molecule has 0 spiro atoms. The Morgan fingerprint density at radius 1 is 1.15 bits per heavy atom. The molecule has 1 fully saturated rings. The maximum absolute atomic E-state index is 3.33. The van der Waals surface area contributed by atoms with E-state index in [1.165, 1.54) is 11.3 Å². The second-order valence-electron chi connectivity index (χ2n) is 5.52. The third-order valence-electron chi connectivity index (χ3n) is 3.92. The molecule has 0 saturated carbocycles. The third kappa shape index (κ3) is 2.89. The number of piperazine rings is 1. The van der Waals surface area contributed by atoms with E-state index in [1.54, 1.807) is 0 Å². The van der Waals surface area contributed by atoms with Crippen molar-refractivity contribution in [2.45, 2.75) is 6.92 Å². The standard InChI is InChI=1S/C15H23N5/c1-13-12-14(17-20-7-3-6-16-20)4-5-15(13)19-10-8-18(2)9-11-19/h3-5,7,12,16-17H,6,8-11H2,1-2H3. The maximum Gasteiger partial charge on any atom is 0.0560 e. The highest BCUT2D eigenvalue weighted by Gasteiger charge is 2.16. The third-order valence-corrected chi connectivity index (χ3v) is 3.92. The van der Waals surface area contributed by atoms with Crippen LogP contribution >= 0.6 is 0 Å². The molecule has 2 aliphatic rings. The van der Waals surface area contributed by atoms with Crippen LogP contribution in [0.25, 0.3) is 0 Å². The lowest BCUT2D eigenvalue weighted by molar-refractivity contribution is 0.312. The van der Waals surface area contributed by atoms with Crippen molar-refractivity contribution < 1.29 is 0 Å².